The number of halogens is 4. The van der Waals surface area contributed by atoms with Crippen LogP contribution in [0.5, 0.6) is 0 Å². The molecule has 9 aromatic rings. The quantitative estimate of drug-likeness (QED) is 0.0235. The molecule has 38 heteroatoms. The molecule has 0 aliphatic rings. The SMILES string of the molecule is CSc1ccccc1[C@@H](C)OC(=O)Nc1c(-c2ccc(NS(C)(=O)=O)c(C)n2)nnn1C.Cc1cc(F)cc([C@@H](C)OC(=O)Nc2c(-c3ccc(NS(C)(=O)=O)c(C)n3)nnn2C)c1.Cc1nc(-c2nnn(C)c2NC(=O)O[C@@H](c2ccccc2F)C(F)F)ccc1NS(C)(=O)=O. The van der Waals surface area contributed by atoms with Gasteiger partial charge in [0, 0.05) is 37.2 Å². The Morgan fingerprint density at radius 3 is 1.24 bits per heavy atom. The summed E-state index contributed by atoms with van der Waals surface area (Å²) in [6.07, 6.45) is -4.16. The van der Waals surface area contributed by atoms with Crippen molar-refractivity contribution in [3.8, 4) is 34.2 Å². The second-order valence-corrected chi connectivity index (χ2v) is 27.4. The first-order valence-corrected chi connectivity index (χ1v) is 35.3. The van der Waals surface area contributed by atoms with Crippen molar-refractivity contribution in [1.82, 2.24) is 59.9 Å². The number of hydrogen-bond donors (Lipinski definition) is 6. The minimum absolute atomic E-state index is 0.0303. The predicted molar refractivity (Wildman–Crippen MR) is 354 cm³/mol. The Hall–Kier alpha value is -10.3. The number of nitrogens with one attached hydrogen (secondary N) is 6. The van der Waals surface area contributed by atoms with Crippen LogP contribution in [0.4, 0.5) is 66.5 Å². The summed E-state index contributed by atoms with van der Waals surface area (Å²) in [7, 11) is -5.77. The lowest BCUT2D eigenvalue weighted by Gasteiger charge is -2.18. The molecule has 0 aliphatic carbocycles. The van der Waals surface area contributed by atoms with Crippen molar-refractivity contribution in [3.05, 3.63) is 154 Å². The second kappa shape index (κ2) is 31.5. The molecule has 97 heavy (non-hydrogen) atoms. The summed E-state index contributed by atoms with van der Waals surface area (Å²) in [5.41, 5.74) is 5.46. The number of aryl methyl sites for hydroxylation is 7. The molecule has 0 radical (unpaired) electrons. The molecule has 0 bridgehead atoms. The highest BCUT2D eigenvalue weighted by atomic mass is 32.2. The highest BCUT2D eigenvalue weighted by Crippen LogP contribution is 2.34. The Labute approximate surface area is 558 Å². The summed E-state index contributed by atoms with van der Waals surface area (Å²) < 4.78 is 150. The van der Waals surface area contributed by atoms with E-state index >= 15 is 0 Å². The van der Waals surface area contributed by atoms with Crippen LogP contribution >= 0.6 is 11.8 Å². The van der Waals surface area contributed by atoms with Crippen LogP contribution in [0.1, 0.15) is 71.5 Å². The first-order chi connectivity index (χ1) is 45.5. The molecule has 0 aliphatic heterocycles. The van der Waals surface area contributed by atoms with Crippen molar-refractivity contribution in [1.29, 1.82) is 0 Å². The zero-order valence-corrected chi connectivity index (χ0v) is 57.3. The van der Waals surface area contributed by atoms with Gasteiger partial charge in [-0.15, -0.1) is 27.1 Å². The van der Waals surface area contributed by atoms with E-state index in [4.69, 9.17) is 14.2 Å². The fourth-order valence-corrected chi connectivity index (χ4v) is 11.4. The highest BCUT2D eigenvalue weighted by molar-refractivity contribution is 7.98. The Kier molecular flexibility index (Phi) is 24.0. The molecule has 0 unspecified atom stereocenters. The van der Waals surface area contributed by atoms with Gasteiger partial charge in [-0.25, -0.2) is 86.2 Å². The van der Waals surface area contributed by atoms with E-state index in [2.05, 4.69) is 76.0 Å². The van der Waals surface area contributed by atoms with Crippen molar-refractivity contribution in [2.75, 3.05) is 55.1 Å². The zero-order chi connectivity index (χ0) is 71.4. The van der Waals surface area contributed by atoms with E-state index in [1.54, 1.807) is 97.7 Å². The lowest BCUT2D eigenvalue weighted by atomic mass is 10.1. The van der Waals surface area contributed by atoms with Crippen LogP contribution in [0.3, 0.4) is 0 Å². The van der Waals surface area contributed by atoms with Crippen LogP contribution in [-0.2, 0) is 65.4 Å². The van der Waals surface area contributed by atoms with Gasteiger partial charge in [-0.3, -0.25) is 30.1 Å². The second-order valence-electron chi connectivity index (χ2n) is 21.3. The van der Waals surface area contributed by atoms with Crippen molar-refractivity contribution >= 4 is 94.6 Å². The van der Waals surface area contributed by atoms with Crippen LogP contribution in [0, 0.1) is 39.3 Å². The maximum Gasteiger partial charge on any atom is 0.413 e. The van der Waals surface area contributed by atoms with Gasteiger partial charge in [0.2, 0.25) is 30.1 Å². The number of benzene rings is 3. The molecule has 0 fully saturated rings. The van der Waals surface area contributed by atoms with Gasteiger partial charge < -0.3 is 14.2 Å². The zero-order valence-electron chi connectivity index (χ0n) is 54.0. The lowest BCUT2D eigenvalue weighted by molar-refractivity contribution is -0.0160. The number of rotatable bonds is 20. The number of hydrogen-bond acceptors (Lipinski definition) is 22. The number of carbonyl (C=O) groups is 3. The third kappa shape index (κ3) is 20.6. The number of nitrogens with zero attached hydrogens (tertiary/aromatic N) is 12. The average Bonchev–Trinajstić information content (AvgIpc) is 1.74. The van der Waals surface area contributed by atoms with E-state index in [0.717, 1.165) is 46.0 Å². The number of carbonyl (C=O) groups excluding carboxylic acids is 3. The minimum Gasteiger partial charge on any atom is -0.441 e. The maximum absolute atomic E-state index is 13.9. The first kappa shape index (κ1) is 74.1. The summed E-state index contributed by atoms with van der Waals surface area (Å²) in [5.74, 6) is -0.855. The molecule has 3 atom stereocenters. The lowest BCUT2D eigenvalue weighted by Crippen LogP contribution is -2.24. The number of ether oxygens (including phenoxy) is 3. The summed E-state index contributed by atoms with van der Waals surface area (Å²) in [6, 6.07) is 26.0. The van der Waals surface area contributed by atoms with Gasteiger partial charge in [0.1, 0.15) is 23.8 Å². The van der Waals surface area contributed by atoms with Crippen LogP contribution in [0.25, 0.3) is 34.2 Å². The summed E-state index contributed by atoms with van der Waals surface area (Å²) >= 11 is 1.58. The third-order valence-electron chi connectivity index (χ3n) is 13.4. The normalized spacial score (nSPS) is 12.4. The molecule has 9 rings (SSSR count). The Bertz CT molecular complexity index is 4710. The van der Waals surface area contributed by atoms with Crippen LogP contribution < -0.4 is 30.1 Å². The van der Waals surface area contributed by atoms with E-state index in [9.17, 15) is 57.2 Å². The first-order valence-electron chi connectivity index (χ1n) is 28.4. The molecule has 3 amide bonds. The molecule has 6 N–H and O–H groups in total. The van der Waals surface area contributed by atoms with E-state index in [1.807, 2.05) is 30.5 Å². The molecule has 0 spiro atoms. The molecule has 3 aromatic carbocycles. The van der Waals surface area contributed by atoms with Crippen molar-refractivity contribution in [3.63, 3.8) is 0 Å². The number of sulfonamides is 3. The van der Waals surface area contributed by atoms with E-state index in [-0.39, 0.29) is 34.4 Å². The average molecular weight is 1420 g/mol. The summed E-state index contributed by atoms with van der Waals surface area (Å²) in [5, 5.41) is 31.2. The Morgan fingerprint density at radius 2 is 0.876 bits per heavy atom. The van der Waals surface area contributed by atoms with Gasteiger partial charge in [0.25, 0.3) is 6.43 Å². The molecule has 0 saturated carbocycles. The molecule has 6 aromatic heterocycles. The number of anilines is 6. The Balaban J connectivity index is 0.000000205. The van der Waals surface area contributed by atoms with Crippen LogP contribution in [-0.4, -0.2) is 135 Å². The molecule has 30 nitrogen and oxygen atoms in total. The summed E-state index contributed by atoms with van der Waals surface area (Å²) in [6.45, 7) is 10.0. The number of pyridine rings is 3. The van der Waals surface area contributed by atoms with Crippen molar-refractivity contribution in [2.24, 2.45) is 21.1 Å². The van der Waals surface area contributed by atoms with Gasteiger partial charge in [0.05, 0.1) is 70.0 Å². The molecule has 6 heterocycles. The van der Waals surface area contributed by atoms with Crippen LogP contribution in [0.15, 0.2) is 108 Å². The third-order valence-corrected chi connectivity index (χ3v) is 15.9. The molecular weight excluding hydrogens is 1360 g/mol. The molecule has 0 saturated heterocycles. The van der Waals surface area contributed by atoms with Crippen LogP contribution in [0.2, 0.25) is 0 Å². The van der Waals surface area contributed by atoms with E-state index < -0.39 is 90.3 Å². The number of aromatic nitrogens is 12. The van der Waals surface area contributed by atoms with Gasteiger partial charge in [-0.2, -0.15) is 0 Å². The summed E-state index contributed by atoms with van der Waals surface area (Å²) in [4.78, 5) is 51.5. The number of alkyl halides is 2. The highest BCUT2D eigenvalue weighted by Gasteiger charge is 2.31. The Morgan fingerprint density at radius 1 is 0.505 bits per heavy atom. The van der Waals surface area contributed by atoms with Crippen molar-refractivity contribution < 1.29 is 71.4 Å². The maximum atomic E-state index is 13.9. The number of thioether (sulfide) groups is 1. The molecule has 516 valence electrons. The van der Waals surface area contributed by atoms with E-state index in [0.29, 0.717) is 62.5 Å². The standard InChI is InChI=1S/C20H23FN6O4S.C20H24N6O4S2.C19H19F3N6O4S/c1-11-8-14(10-15(21)9-11)13(3)31-20(28)23-19-18(24-26-27(19)4)17-7-6-16(12(2)22-17)25-32(5,29)30;1-12-15(24-32(5,28)29)10-11-16(21-12)18-19(26(3)25-23-18)22-20(27)30-13(2)14-8-6-7-9-17(14)31-4;1-10-13(26-33(3,30)31)8-9-14(23-10)15-18(28(2)27-25-15)24-19(29)32-16(17(21)22)11-6-4-5-7-12(11)20/h6-10,13,25H,1-5H3,(H,23,28);6-11,13,24H,1-5H3,(H,22,27);4-9,16-17,26H,1-3H3,(H,24,29)/t2*13-;16-/m110/s1. The monoisotopic (exact) mass is 1420 g/mol. The minimum atomic E-state index is -3.53. The van der Waals surface area contributed by atoms with Crippen molar-refractivity contribution in [2.45, 2.75) is 71.2 Å². The fraction of sp³-hybridized carbons (Fsp3) is 0.288. The van der Waals surface area contributed by atoms with E-state index in [1.165, 1.54) is 52.8 Å². The smallest absolute Gasteiger partial charge is 0.413 e. The largest absolute Gasteiger partial charge is 0.441 e. The topological polar surface area (TPSA) is 384 Å². The van der Waals surface area contributed by atoms with Gasteiger partial charge >= 0.3 is 18.3 Å². The fourth-order valence-electron chi connectivity index (χ4n) is 8.92. The number of amides is 3. The predicted octanol–water partition coefficient (Wildman–Crippen LogP) is 10.2. The molecular formula is C59H66F4N18O12S4. The van der Waals surface area contributed by atoms with Gasteiger partial charge in [0.15, 0.2) is 40.6 Å². The van der Waals surface area contributed by atoms with Gasteiger partial charge in [-0.05, 0) is 120 Å². The van der Waals surface area contributed by atoms with Gasteiger partial charge in [-0.1, -0.05) is 58.1 Å².